The molecular formula is C5H2BrN3O2. The Labute approximate surface area is 69.9 Å². The van der Waals surface area contributed by atoms with Crippen LogP contribution in [0.5, 0.6) is 0 Å². The SMILES string of the molecule is O=Nc1cc(Br)cnc1N=O. The lowest BCUT2D eigenvalue weighted by atomic mass is 10.4. The summed E-state index contributed by atoms with van der Waals surface area (Å²) in [7, 11) is 0. The Kier molecular flexibility index (Phi) is 2.37. The van der Waals surface area contributed by atoms with Crippen molar-refractivity contribution in [3.05, 3.63) is 26.6 Å². The van der Waals surface area contributed by atoms with Gasteiger partial charge in [0.1, 0.15) is 0 Å². The predicted octanol–water partition coefficient (Wildman–Crippen LogP) is 2.64. The summed E-state index contributed by atoms with van der Waals surface area (Å²) >= 11 is 3.06. The van der Waals surface area contributed by atoms with Crippen LogP contribution in [0.3, 0.4) is 0 Å². The summed E-state index contributed by atoms with van der Waals surface area (Å²) < 4.78 is 0.583. The molecule has 0 aromatic carbocycles. The fraction of sp³-hybridized carbons (Fsp3) is 0. The molecule has 11 heavy (non-hydrogen) atoms. The molecule has 1 heterocycles. The van der Waals surface area contributed by atoms with Gasteiger partial charge in [0, 0.05) is 10.7 Å². The van der Waals surface area contributed by atoms with Gasteiger partial charge in [0.15, 0.2) is 5.69 Å². The van der Waals surface area contributed by atoms with E-state index in [0.717, 1.165) is 0 Å². The van der Waals surface area contributed by atoms with Crippen molar-refractivity contribution in [2.24, 2.45) is 10.4 Å². The molecule has 56 valence electrons. The Bertz CT molecular complexity index is 302. The van der Waals surface area contributed by atoms with Crippen molar-refractivity contribution < 1.29 is 0 Å². The van der Waals surface area contributed by atoms with Gasteiger partial charge in [-0.3, -0.25) is 0 Å². The van der Waals surface area contributed by atoms with Gasteiger partial charge in [-0.15, -0.1) is 9.81 Å². The topological polar surface area (TPSA) is 71.8 Å². The third kappa shape index (κ3) is 1.64. The number of halogens is 1. The number of rotatable bonds is 2. The van der Waals surface area contributed by atoms with Gasteiger partial charge >= 0.3 is 0 Å². The van der Waals surface area contributed by atoms with Crippen LogP contribution >= 0.6 is 15.9 Å². The van der Waals surface area contributed by atoms with E-state index in [1.807, 2.05) is 0 Å². The molecule has 0 spiro atoms. The first-order chi connectivity index (χ1) is 5.27. The van der Waals surface area contributed by atoms with E-state index in [4.69, 9.17) is 0 Å². The number of pyridine rings is 1. The molecular weight excluding hydrogens is 214 g/mol. The monoisotopic (exact) mass is 215 g/mol. The third-order valence-electron chi connectivity index (χ3n) is 0.999. The molecule has 0 aliphatic carbocycles. The smallest absolute Gasteiger partial charge is 0.226 e. The minimum atomic E-state index is -0.191. The molecule has 0 bridgehead atoms. The van der Waals surface area contributed by atoms with Crippen molar-refractivity contribution in [1.29, 1.82) is 0 Å². The molecule has 0 radical (unpaired) electrons. The van der Waals surface area contributed by atoms with E-state index >= 15 is 0 Å². The largest absolute Gasteiger partial charge is 0.231 e. The van der Waals surface area contributed by atoms with Gasteiger partial charge in [0.25, 0.3) is 0 Å². The van der Waals surface area contributed by atoms with Gasteiger partial charge in [0.2, 0.25) is 5.82 Å². The molecule has 0 unspecified atom stereocenters. The summed E-state index contributed by atoms with van der Waals surface area (Å²) in [5, 5.41) is 5.07. The van der Waals surface area contributed by atoms with Gasteiger partial charge < -0.3 is 0 Å². The van der Waals surface area contributed by atoms with Crippen LogP contribution in [0.2, 0.25) is 0 Å². The van der Waals surface area contributed by atoms with Crippen LogP contribution in [0.15, 0.2) is 27.1 Å². The molecule has 6 heteroatoms. The Morgan fingerprint density at radius 1 is 1.36 bits per heavy atom. The van der Waals surface area contributed by atoms with Crippen LogP contribution in [0, 0.1) is 9.81 Å². The summed E-state index contributed by atoms with van der Waals surface area (Å²) in [5.74, 6) is -0.191. The van der Waals surface area contributed by atoms with Crippen molar-refractivity contribution in [3.63, 3.8) is 0 Å². The maximum absolute atomic E-state index is 10.0. The molecule has 0 aliphatic heterocycles. The van der Waals surface area contributed by atoms with E-state index in [-0.39, 0.29) is 11.5 Å². The molecule has 1 aromatic rings. The van der Waals surface area contributed by atoms with Gasteiger partial charge in [-0.05, 0) is 32.4 Å². The van der Waals surface area contributed by atoms with Crippen LogP contribution in [0.4, 0.5) is 11.5 Å². The lowest BCUT2D eigenvalue weighted by Crippen LogP contribution is -1.73. The molecule has 0 N–H and O–H groups in total. The number of aromatic nitrogens is 1. The van der Waals surface area contributed by atoms with Gasteiger partial charge in [-0.25, -0.2) is 4.98 Å². The second-order valence-corrected chi connectivity index (χ2v) is 2.59. The second-order valence-electron chi connectivity index (χ2n) is 1.68. The highest BCUT2D eigenvalue weighted by atomic mass is 79.9. The van der Waals surface area contributed by atoms with Crippen molar-refractivity contribution in [2.75, 3.05) is 0 Å². The van der Waals surface area contributed by atoms with Crippen molar-refractivity contribution >= 4 is 27.4 Å². The summed E-state index contributed by atoms with van der Waals surface area (Å²) in [5.41, 5.74) is -0.0608. The predicted molar refractivity (Wildman–Crippen MR) is 42.8 cm³/mol. The average Bonchev–Trinajstić information content (AvgIpc) is 2.04. The zero-order chi connectivity index (χ0) is 8.27. The fourth-order valence-corrected chi connectivity index (χ4v) is 0.878. The van der Waals surface area contributed by atoms with Crippen LogP contribution in [-0.2, 0) is 0 Å². The minimum absolute atomic E-state index is 0.0608. The maximum Gasteiger partial charge on any atom is 0.226 e. The van der Waals surface area contributed by atoms with Crippen molar-refractivity contribution in [2.45, 2.75) is 0 Å². The summed E-state index contributed by atoms with van der Waals surface area (Å²) in [6.07, 6.45) is 1.37. The lowest BCUT2D eigenvalue weighted by molar-refractivity contribution is 1.23. The number of nitrogens with zero attached hydrogens (tertiary/aromatic N) is 3. The molecule has 0 saturated heterocycles. The molecule has 0 atom stereocenters. The third-order valence-corrected chi connectivity index (χ3v) is 1.43. The van der Waals surface area contributed by atoms with Crippen molar-refractivity contribution in [1.82, 2.24) is 4.98 Å². The molecule has 1 aromatic heterocycles. The quantitative estimate of drug-likeness (QED) is 0.713. The van der Waals surface area contributed by atoms with E-state index in [0.29, 0.717) is 4.47 Å². The van der Waals surface area contributed by atoms with E-state index in [2.05, 4.69) is 31.3 Å². The Morgan fingerprint density at radius 3 is 2.64 bits per heavy atom. The Balaban J connectivity index is 3.26. The molecule has 0 aliphatic rings. The highest BCUT2D eigenvalue weighted by molar-refractivity contribution is 9.10. The summed E-state index contributed by atoms with van der Waals surface area (Å²) in [4.78, 5) is 23.5. The number of nitroso groups, excluding NO2 is 2. The van der Waals surface area contributed by atoms with E-state index in [1.165, 1.54) is 12.3 Å². The van der Waals surface area contributed by atoms with E-state index < -0.39 is 0 Å². The minimum Gasteiger partial charge on any atom is -0.231 e. The highest BCUT2D eigenvalue weighted by Gasteiger charge is 2.04. The summed E-state index contributed by atoms with van der Waals surface area (Å²) in [6.45, 7) is 0. The zero-order valence-corrected chi connectivity index (χ0v) is 6.78. The molecule has 5 nitrogen and oxygen atoms in total. The van der Waals surface area contributed by atoms with Gasteiger partial charge in [0.05, 0.1) is 0 Å². The Hall–Kier alpha value is -1.17. The first-order valence-corrected chi connectivity index (χ1v) is 3.39. The van der Waals surface area contributed by atoms with E-state index in [1.54, 1.807) is 0 Å². The zero-order valence-electron chi connectivity index (χ0n) is 5.19. The average molecular weight is 216 g/mol. The van der Waals surface area contributed by atoms with Crippen LogP contribution in [0.25, 0.3) is 0 Å². The van der Waals surface area contributed by atoms with Crippen LogP contribution in [-0.4, -0.2) is 4.98 Å². The molecule has 1 rings (SSSR count). The first-order valence-electron chi connectivity index (χ1n) is 2.60. The fourth-order valence-electron chi connectivity index (χ4n) is 0.559. The standard InChI is InChI=1S/C5H2BrN3O2/c6-3-1-4(8-10)5(9-11)7-2-3/h1-2H. The molecule has 0 fully saturated rings. The van der Waals surface area contributed by atoms with E-state index in [9.17, 15) is 9.81 Å². The molecule has 0 saturated carbocycles. The van der Waals surface area contributed by atoms with Gasteiger partial charge in [-0.2, -0.15) is 0 Å². The number of hydrogen-bond acceptors (Lipinski definition) is 5. The number of hydrogen-bond donors (Lipinski definition) is 0. The second kappa shape index (κ2) is 3.29. The lowest BCUT2D eigenvalue weighted by Gasteiger charge is -1.91. The Morgan fingerprint density at radius 2 is 2.09 bits per heavy atom. The summed E-state index contributed by atoms with van der Waals surface area (Å²) in [6, 6.07) is 1.37. The maximum atomic E-state index is 10.0. The van der Waals surface area contributed by atoms with Crippen LogP contribution in [0.1, 0.15) is 0 Å². The van der Waals surface area contributed by atoms with Gasteiger partial charge in [-0.1, -0.05) is 0 Å². The van der Waals surface area contributed by atoms with Crippen molar-refractivity contribution in [3.8, 4) is 0 Å². The highest BCUT2D eigenvalue weighted by Crippen LogP contribution is 2.27. The van der Waals surface area contributed by atoms with Crippen LogP contribution < -0.4 is 0 Å². The molecule has 0 amide bonds. The normalized spacial score (nSPS) is 9.18. The first kappa shape index (κ1) is 7.93.